The molecule has 0 bridgehead atoms. The van der Waals surface area contributed by atoms with Gasteiger partial charge in [-0.3, -0.25) is 4.79 Å². The lowest BCUT2D eigenvalue weighted by Gasteiger charge is -2.17. The summed E-state index contributed by atoms with van der Waals surface area (Å²) in [7, 11) is -3.74. The molecule has 0 fully saturated rings. The van der Waals surface area contributed by atoms with E-state index < -0.39 is 9.84 Å². The number of Topliss-reactive ketones (excluding diaryl/α,β-unsaturated/α-hetero) is 1. The molecule has 0 radical (unpaired) electrons. The average Bonchev–Trinajstić information content (AvgIpc) is 2.86. The molecule has 0 aliphatic carbocycles. The second-order valence-electron chi connectivity index (χ2n) is 8.78. The minimum absolute atomic E-state index is 0.115. The third kappa shape index (κ3) is 4.08. The van der Waals surface area contributed by atoms with E-state index in [9.17, 15) is 18.3 Å². The number of phenols is 1. The third-order valence-corrected chi connectivity index (χ3v) is 8.18. The van der Waals surface area contributed by atoms with Crippen molar-refractivity contribution >= 4 is 37.2 Å². The number of carbonyl (C=O) groups is 1. The Kier molecular flexibility index (Phi) is 5.65. The molecule has 5 heteroatoms. The van der Waals surface area contributed by atoms with Crippen LogP contribution in [0.25, 0.3) is 32.7 Å². The van der Waals surface area contributed by atoms with Gasteiger partial charge in [-0.25, -0.2) is 8.42 Å². The maximum atomic E-state index is 13.5. The summed E-state index contributed by atoms with van der Waals surface area (Å²) in [6.45, 7) is 3.41. The van der Waals surface area contributed by atoms with E-state index in [0.29, 0.717) is 16.7 Å². The van der Waals surface area contributed by atoms with Gasteiger partial charge in [0.2, 0.25) is 0 Å². The van der Waals surface area contributed by atoms with E-state index in [1.54, 1.807) is 18.2 Å². The number of phenolic OH excluding ortho intramolecular Hbond substituents is 1. The largest absolute Gasteiger partial charge is 0.507 e. The minimum atomic E-state index is -3.74. The molecule has 5 aromatic rings. The zero-order valence-corrected chi connectivity index (χ0v) is 20.3. The molecule has 0 spiro atoms. The standard InChI is InChI=1S/C30H24O4S/c1-19-25-11-5-6-12-26(25)23(18-35(33,34)24-10-7-9-22(16-24)20(2)31)17-28(19)30-27-13-4-3-8-21(27)14-15-29(30)32/h3-17,32H,18H2,1-2H3. The van der Waals surface area contributed by atoms with Gasteiger partial charge < -0.3 is 5.11 Å². The average molecular weight is 481 g/mol. The minimum Gasteiger partial charge on any atom is -0.507 e. The van der Waals surface area contributed by atoms with E-state index >= 15 is 0 Å². The van der Waals surface area contributed by atoms with Crippen LogP contribution in [0.1, 0.15) is 28.4 Å². The highest BCUT2D eigenvalue weighted by Crippen LogP contribution is 2.41. The third-order valence-electron chi connectivity index (χ3n) is 6.52. The second-order valence-corrected chi connectivity index (χ2v) is 10.8. The molecular weight excluding hydrogens is 456 g/mol. The topological polar surface area (TPSA) is 71.4 Å². The highest BCUT2D eigenvalue weighted by atomic mass is 32.2. The van der Waals surface area contributed by atoms with Crippen molar-refractivity contribution < 1.29 is 18.3 Å². The number of carbonyl (C=O) groups excluding carboxylic acids is 1. The van der Waals surface area contributed by atoms with Gasteiger partial charge in [-0.15, -0.1) is 0 Å². The van der Waals surface area contributed by atoms with Crippen LogP contribution >= 0.6 is 0 Å². The van der Waals surface area contributed by atoms with E-state index in [1.165, 1.54) is 19.1 Å². The number of ketones is 1. The lowest BCUT2D eigenvalue weighted by atomic mass is 9.89. The van der Waals surface area contributed by atoms with Crippen molar-refractivity contribution in [2.24, 2.45) is 0 Å². The first-order chi connectivity index (χ1) is 16.8. The molecule has 0 aliphatic heterocycles. The fraction of sp³-hybridized carbons (Fsp3) is 0.100. The number of hydrogen-bond acceptors (Lipinski definition) is 4. The Morgan fingerprint density at radius 2 is 1.49 bits per heavy atom. The van der Waals surface area contributed by atoms with Crippen molar-refractivity contribution in [2.45, 2.75) is 24.5 Å². The van der Waals surface area contributed by atoms with Gasteiger partial charge in [0.15, 0.2) is 15.6 Å². The van der Waals surface area contributed by atoms with Crippen LogP contribution in [0, 0.1) is 6.92 Å². The van der Waals surface area contributed by atoms with Crippen molar-refractivity contribution in [3.8, 4) is 16.9 Å². The molecule has 5 aromatic carbocycles. The van der Waals surface area contributed by atoms with Crippen LogP contribution in [0.3, 0.4) is 0 Å². The highest BCUT2D eigenvalue weighted by Gasteiger charge is 2.21. The van der Waals surface area contributed by atoms with Gasteiger partial charge in [0.25, 0.3) is 0 Å². The predicted octanol–water partition coefficient (Wildman–Crippen LogP) is 6.85. The maximum absolute atomic E-state index is 13.5. The summed E-state index contributed by atoms with van der Waals surface area (Å²) >= 11 is 0. The fourth-order valence-electron chi connectivity index (χ4n) is 4.71. The molecule has 0 unspecified atom stereocenters. The summed E-state index contributed by atoms with van der Waals surface area (Å²) in [5.41, 5.74) is 3.44. The highest BCUT2D eigenvalue weighted by molar-refractivity contribution is 7.90. The molecule has 1 N–H and O–H groups in total. The monoisotopic (exact) mass is 480 g/mol. The SMILES string of the molecule is CC(=O)c1cccc(S(=O)(=O)Cc2cc(-c3c(O)ccc4ccccc34)c(C)c3ccccc23)c1. The number of benzene rings is 5. The van der Waals surface area contributed by atoms with Crippen molar-refractivity contribution in [3.05, 3.63) is 108 Å². The van der Waals surface area contributed by atoms with Gasteiger partial charge >= 0.3 is 0 Å². The second kappa shape index (κ2) is 8.67. The number of aromatic hydroxyl groups is 1. The van der Waals surface area contributed by atoms with Crippen LogP contribution in [0.4, 0.5) is 0 Å². The van der Waals surface area contributed by atoms with Crippen LogP contribution in [-0.4, -0.2) is 19.3 Å². The number of aryl methyl sites for hydroxylation is 1. The van der Waals surface area contributed by atoms with E-state index in [4.69, 9.17) is 0 Å². The Hall–Kier alpha value is -3.96. The van der Waals surface area contributed by atoms with Gasteiger partial charge in [0.05, 0.1) is 10.6 Å². The molecule has 35 heavy (non-hydrogen) atoms. The summed E-state index contributed by atoms with van der Waals surface area (Å²) in [6.07, 6.45) is 0. The zero-order chi connectivity index (χ0) is 24.7. The number of fused-ring (bicyclic) bond motifs is 2. The van der Waals surface area contributed by atoms with Crippen molar-refractivity contribution in [1.82, 2.24) is 0 Å². The van der Waals surface area contributed by atoms with Gasteiger partial charge in [-0.2, -0.15) is 0 Å². The molecule has 0 heterocycles. The number of hydrogen-bond donors (Lipinski definition) is 1. The molecule has 0 atom stereocenters. The fourth-order valence-corrected chi connectivity index (χ4v) is 6.12. The Balaban J connectivity index is 1.74. The lowest BCUT2D eigenvalue weighted by molar-refractivity contribution is 0.101. The van der Waals surface area contributed by atoms with E-state index in [1.807, 2.05) is 67.6 Å². The molecule has 4 nitrogen and oxygen atoms in total. The predicted molar refractivity (Wildman–Crippen MR) is 141 cm³/mol. The summed E-state index contributed by atoms with van der Waals surface area (Å²) in [5.74, 6) is -0.269. The molecular formula is C30H24O4S. The van der Waals surface area contributed by atoms with Crippen LogP contribution in [0.5, 0.6) is 5.75 Å². The molecule has 0 aliphatic rings. The molecule has 174 valence electrons. The maximum Gasteiger partial charge on any atom is 0.182 e. The smallest absolute Gasteiger partial charge is 0.182 e. The Morgan fingerprint density at radius 3 is 2.23 bits per heavy atom. The van der Waals surface area contributed by atoms with Gasteiger partial charge in [0, 0.05) is 11.1 Å². The molecule has 0 saturated carbocycles. The van der Waals surface area contributed by atoms with E-state index in [0.717, 1.165) is 32.7 Å². The number of rotatable bonds is 5. The van der Waals surface area contributed by atoms with Crippen molar-refractivity contribution in [3.63, 3.8) is 0 Å². The van der Waals surface area contributed by atoms with Crippen LogP contribution in [0.15, 0.2) is 95.9 Å². The van der Waals surface area contributed by atoms with E-state index in [2.05, 4.69) is 0 Å². The van der Waals surface area contributed by atoms with Crippen LogP contribution < -0.4 is 0 Å². The van der Waals surface area contributed by atoms with Gasteiger partial charge in [-0.05, 0) is 76.3 Å². The van der Waals surface area contributed by atoms with E-state index in [-0.39, 0.29) is 22.2 Å². The quantitative estimate of drug-likeness (QED) is 0.279. The first-order valence-electron chi connectivity index (χ1n) is 11.3. The summed E-state index contributed by atoms with van der Waals surface area (Å²) in [4.78, 5) is 11.9. The first kappa shape index (κ1) is 22.8. The molecule has 5 rings (SSSR count). The van der Waals surface area contributed by atoms with Crippen LogP contribution in [-0.2, 0) is 15.6 Å². The van der Waals surface area contributed by atoms with Crippen LogP contribution in [0.2, 0.25) is 0 Å². The number of sulfone groups is 1. The van der Waals surface area contributed by atoms with Crippen molar-refractivity contribution in [2.75, 3.05) is 0 Å². The summed E-state index contributed by atoms with van der Waals surface area (Å²) < 4.78 is 26.9. The first-order valence-corrected chi connectivity index (χ1v) is 13.0. The summed E-state index contributed by atoms with van der Waals surface area (Å²) in [5, 5.41) is 14.6. The molecule has 0 aromatic heterocycles. The Bertz CT molecular complexity index is 1730. The Labute approximate surface area is 204 Å². The lowest BCUT2D eigenvalue weighted by Crippen LogP contribution is -2.07. The normalized spacial score (nSPS) is 11.7. The summed E-state index contributed by atoms with van der Waals surface area (Å²) in [6, 6.07) is 27.1. The molecule has 0 saturated heterocycles. The van der Waals surface area contributed by atoms with Gasteiger partial charge in [-0.1, -0.05) is 66.7 Å². The van der Waals surface area contributed by atoms with Crippen molar-refractivity contribution in [1.29, 1.82) is 0 Å². The molecule has 0 amide bonds. The Morgan fingerprint density at radius 1 is 0.800 bits per heavy atom. The van der Waals surface area contributed by atoms with Gasteiger partial charge in [0.1, 0.15) is 5.75 Å². The zero-order valence-electron chi connectivity index (χ0n) is 19.4.